The summed E-state index contributed by atoms with van der Waals surface area (Å²) >= 11 is 1.46. The van der Waals surface area contributed by atoms with Gasteiger partial charge in [-0.2, -0.15) is 0 Å². The van der Waals surface area contributed by atoms with Crippen molar-refractivity contribution in [3.05, 3.63) is 35.9 Å². The first-order chi connectivity index (χ1) is 10.1. The number of carbonyl (C=O) groups is 1. The normalized spacial score (nSPS) is 20.3. The van der Waals surface area contributed by atoms with E-state index < -0.39 is 9.84 Å². The van der Waals surface area contributed by atoms with Gasteiger partial charge >= 0.3 is 0 Å². The van der Waals surface area contributed by atoms with Crippen molar-refractivity contribution in [1.82, 2.24) is 5.32 Å². The Bertz CT molecular complexity index is 558. The molecule has 1 atom stereocenters. The van der Waals surface area contributed by atoms with E-state index in [4.69, 9.17) is 0 Å². The second-order valence-corrected chi connectivity index (χ2v) is 8.79. The van der Waals surface area contributed by atoms with Crippen molar-refractivity contribution in [3.8, 4) is 0 Å². The van der Waals surface area contributed by atoms with Gasteiger partial charge in [-0.1, -0.05) is 30.3 Å². The first-order valence-corrected chi connectivity index (χ1v) is 10.0. The molecule has 0 spiro atoms. The number of aryl methyl sites for hydroxylation is 1. The highest BCUT2D eigenvalue weighted by Crippen LogP contribution is 2.23. The molecule has 1 aliphatic heterocycles. The minimum absolute atomic E-state index is 0.00244. The van der Waals surface area contributed by atoms with E-state index in [1.165, 1.54) is 17.3 Å². The molecule has 1 unspecified atom stereocenters. The van der Waals surface area contributed by atoms with E-state index in [2.05, 4.69) is 17.4 Å². The summed E-state index contributed by atoms with van der Waals surface area (Å²) in [6.07, 6.45) is 2.54. The van der Waals surface area contributed by atoms with E-state index in [-0.39, 0.29) is 22.7 Å². The van der Waals surface area contributed by atoms with Crippen LogP contribution in [0.2, 0.25) is 0 Å². The van der Waals surface area contributed by atoms with Crippen molar-refractivity contribution in [3.63, 3.8) is 0 Å². The SMILES string of the molecule is O=C(CSC1CCS(=O)(=O)C1)NCCCc1ccccc1. The zero-order valence-electron chi connectivity index (χ0n) is 12.0. The van der Waals surface area contributed by atoms with Gasteiger partial charge in [0.25, 0.3) is 0 Å². The highest BCUT2D eigenvalue weighted by Gasteiger charge is 2.28. The third-order valence-corrected chi connectivity index (χ3v) is 6.73. The van der Waals surface area contributed by atoms with Gasteiger partial charge in [0.05, 0.1) is 17.3 Å². The zero-order chi connectivity index (χ0) is 15.1. The van der Waals surface area contributed by atoms with Gasteiger partial charge < -0.3 is 5.32 Å². The Labute approximate surface area is 130 Å². The molecule has 4 nitrogen and oxygen atoms in total. The van der Waals surface area contributed by atoms with Crippen molar-refractivity contribution in [2.24, 2.45) is 0 Å². The van der Waals surface area contributed by atoms with Crippen LogP contribution >= 0.6 is 11.8 Å². The molecule has 116 valence electrons. The first-order valence-electron chi connectivity index (χ1n) is 7.18. The summed E-state index contributed by atoms with van der Waals surface area (Å²) in [6, 6.07) is 10.2. The zero-order valence-corrected chi connectivity index (χ0v) is 13.6. The van der Waals surface area contributed by atoms with E-state index in [9.17, 15) is 13.2 Å². The van der Waals surface area contributed by atoms with Crippen molar-refractivity contribution in [1.29, 1.82) is 0 Å². The predicted molar refractivity (Wildman–Crippen MR) is 87.3 cm³/mol. The van der Waals surface area contributed by atoms with Crippen LogP contribution in [0.25, 0.3) is 0 Å². The van der Waals surface area contributed by atoms with Gasteiger partial charge in [-0.05, 0) is 24.8 Å². The highest BCUT2D eigenvalue weighted by molar-refractivity contribution is 8.02. The summed E-state index contributed by atoms with van der Waals surface area (Å²) < 4.78 is 22.6. The maximum absolute atomic E-state index is 11.7. The molecule has 1 saturated heterocycles. The van der Waals surface area contributed by atoms with Crippen LogP contribution in [0.1, 0.15) is 18.4 Å². The lowest BCUT2D eigenvalue weighted by molar-refractivity contribution is -0.118. The molecule has 1 aromatic rings. The number of sulfone groups is 1. The van der Waals surface area contributed by atoms with Crippen LogP contribution in [0, 0.1) is 0 Å². The molecule has 0 saturated carbocycles. The number of nitrogens with one attached hydrogen (secondary N) is 1. The third kappa shape index (κ3) is 6.09. The van der Waals surface area contributed by atoms with Gasteiger partial charge in [-0.25, -0.2) is 8.42 Å². The summed E-state index contributed by atoms with van der Waals surface area (Å²) in [4.78, 5) is 11.7. The molecule has 0 bridgehead atoms. The van der Waals surface area contributed by atoms with Gasteiger partial charge in [-0.3, -0.25) is 4.79 Å². The maximum Gasteiger partial charge on any atom is 0.230 e. The maximum atomic E-state index is 11.7. The number of hydrogen-bond acceptors (Lipinski definition) is 4. The van der Waals surface area contributed by atoms with Crippen LogP contribution in [0.4, 0.5) is 0 Å². The molecular formula is C15H21NO3S2. The molecule has 0 aliphatic carbocycles. The number of rotatable bonds is 7. The Hall–Kier alpha value is -1.01. The van der Waals surface area contributed by atoms with Gasteiger partial charge in [0.15, 0.2) is 9.84 Å². The standard InChI is InChI=1S/C15H21NO3S2/c17-15(11-20-14-8-10-21(18,19)12-14)16-9-4-7-13-5-2-1-3-6-13/h1-3,5-6,14H,4,7-12H2,(H,16,17). The van der Waals surface area contributed by atoms with Crippen molar-refractivity contribution in [2.75, 3.05) is 23.8 Å². The minimum Gasteiger partial charge on any atom is -0.355 e. The Morgan fingerprint density at radius 2 is 2.05 bits per heavy atom. The Morgan fingerprint density at radius 1 is 1.29 bits per heavy atom. The number of amides is 1. The molecule has 1 amide bonds. The lowest BCUT2D eigenvalue weighted by Crippen LogP contribution is -2.27. The Morgan fingerprint density at radius 3 is 2.71 bits per heavy atom. The summed E-state index contributed by atoms with van der Waals surface area (Å²) in [5.74, 6) is 0.839. The number of benzene rings is 1. The van der Waals surface area contributed by atoms with E-state index in [0.29, 0.717) is 18.7 Å². The fourth-order valence-corrected chi connectivity index (χ4v) is 5.78. The largest absolute Gasteiger partial charge is 0.355 e. The summed E-state index contributed by atoms with van der Waals surface area (Å²) in [6.45, 7) is 0.664. The summed E-state index contributed by atoms with van der Waals surface area (Å²) in [7, 11) is -2.85. The fraction of sp³-hybridized carbons (Fsp3) is 0.533. The monoisotopic (exact) mass is 327 g/mol. The second-order valence-electron chi connectivity index (χ2n) is 5.28. The fourth-order valence-electron chi connectivity index (χ4n) is 2.30. The van der Waals surface area contributed by atoms with Gasteiger partial charge in [0.1, 0.15) is 0 Å². The summed E-state index contributed by atoms with van der Waals surface area (Å²) in [5, 5.41) is 2.98. The Balaban J connectivity index is 1.56. The quantitative estimate of drug-likeness (QED) is 0.774. The van der Waals surface area contributed by atoms with Gasteiger partial charge in [-0.15, -0.1) is 11.8 Å². The number of carbonyl (C=O) groups excluding carboxylic acids is 1. The van der Waals surface area contributed by atoms with Crippen LogP contribution in [0.3, 0.4) is 0 Å². The molecule has 21 heavy (non-hydrogen) atoms. The first kappa shape index (κ1) is 16.4. The van der Waals surface area contributed by atoms with E-state index in [0.717, 1.165) is 12.8 Å². The molecule has 2 rings (SSSR count). The van der Waals surface area contributed by atoms with Gasteiger partial charge in [0.2, 0.25) is 5.91 Å². The molecule has 0 aromatic heterocycles. The number of hydrogen-bond donors (Lipinski definition) is 1. The topological polar surface area (TPSA) is 63.2 Å². The van der Waals surface area contributed by atoms with Crippen LogP contribution < -0.4 is 5.32 Å². The molecule has 0 radical (unpaired) electrons. The average Bonchev–Trinajstić information content (AvgIpc) is 2.82. The molecule has 6 heteroatoms. The van der Waals surface area contributed by atoms with E-state index >= 15 is 0 Å². The van der Waals surface area contributed by atoms with Crippen LogP contribution in [-0.2, 0) is 21.1 Å². The van der Waals surface area contributed by atoms with Crippen molar-refractivity contribution < 1.29 is 13.2 Å². The van der Waals surface area contributed by atoms with Crippen molar-refractivity contribution >= 4 is 27.5 Å². The molecular weight excluding hydrogens is 306 g/mol. The molecule has 1 aliphatic rings. The lowest BCUT2D eigenvalue weighted by atomic mass is 10.1. The third-order valence-electron chi connectivity index (χ3n) is 3.45. The summed E-state index contributed by atoms with van der Waals surface area (Å²) in [5.41, 5.74) is 1.28. The Kier molecular flexibility index (Phi) is 6.11. The van der Waals surface area contributed by atoms with Crippen LogP contribution in [-0.4, -0.2) is 43.4 Å². The second kappa shape index (κ2) is 7.84. The van der Waals surface area contributed by atoms with E-state index in [1.807, 2.05) is 18.2 Å². The molecule has 1 heterocycles. The predicted octanol–water partition coefficient (Wildman–Crippen LogP) is 1.66. The molecule has 1 aromatic carbocycles. The highest BCUT2D eigenvalue weighted by atomic mass is 32.2. The molecule has 1 fully saturated rings. The van der Waals surface area contributed by atoms with E-state index in [1.54, 1.807) is 0 Å². The van der Waals surface area contributed by atoms with Gasteiger partial charge in [0, 0.05) is 11.8 Å². The minimum atomic E-state index is -2.85. The smallest absolute Gasteiger partial charge is 0.230 e. The lowest BCUT2D eigenvalue weighted by Gasteiger charge is -2.08. The van der Waals surface area contributed by atoms with Crippen LogP contribution in [0.15, 0.2) is 30.3 Å². The molecule has 1 N–H and O–H groups in total. The number of thioether (sulfide) groups is 1. The van der Waals surface area contributed by atoms with Crippen LogP contribution in [0.5, 0.6) is 0 Å². The average molecular weight is 327 g/mol. The van der Waals surface area contributed by atoms with Crippen molar-refractivity contribution in [2.45, 2.75) is 24.5 Å².